The summed E-state index contributed by atoms with van der Waals surface area (Å²) >= 11 is 6.22. The number of hydrogen-bond donors (Lipinski definition) is 2. The van der Waals surface area contributed by atoms with E-state index in [4.69, 9.17) is 16.0 Å². The molecule has 0 aliphatic rings. The molecule has 0 radical (unpaired) electrons. The van der Waals surface area contributed by atoms with E-state index in [0.717, 1.165) is 16.5 Å². The Morgan fingerprint density at radius 3 is 2.54 bits per heavy atom. The summed E-state index contributed by atoms with van der Waals surface area (Å²) in [6.07, 6.45) is 1.81. The molecule has 0 bridgehead atoms. The van der Waals surface area contributed by atoms with Crippen LogP contribution in [-0.2, 0) is 16.0 Å². The van der Waals surface area contributed by atoms with Crippen molar-refractivity contribution in [1.29, 1.82) is 0 Å². The number of amides is 2. The smallest absolute Gasteiger partial charge is 0.228 e. The second kappa shape index (κ2) is 8.07. The van der Waals surface area contributed by atoms with E-state index in [0.29, 0.717) is 22.3 Å². The monoisotopic (exact) mass is 398 g/mol. The van der Waals surface area contributed by atoms with Crippen molar-refractivity contribution in [1.82, 2.24) is 0 Å². The summed E-state index contributed by atoms with van der Waals surface area (Å²) in [5.41, 5.74) is 5.11. The van der Waals surface area contributed by atoms with Crippen LogP contribution in [0.25, 0.3) is 11.0 Å². The minimum Gasteiger partial charge on any atom is -0.464 e. The fraction of sp³-hybridized carbons (Fsp3) is 0.273. The normalized spacial score (nSPS) is 11.1. The summed E-state index contributed by atoms with van der Waals surface area (Å²) < 4.78 is 5.65. The SMILES string of the molecule is CC(=O)Nc1ccc(NC(=O)Cc2coc3cc(C)c(C(C)C)cc23)c(Cl)c1. The maximum absolute atomic E-state index is 12.5. The first-order valence-corrected chi connectivity index (χ1v) is 9.50. The number of nitrogens with one attached hydrogen (secondary N) is 2. The highest BCUT2D eigenvalue weighted by atomic mass is 35.5. The van der Waals surface area contributed by atoms with Crippen molar-refractivity contribution in [2.24, 2.45) is 0 Å². The molecule has 3 rings (SSSR count). The van der Waals surface area contributed by atoms with Crippen LogP contribution in [0, 0.1) is 6.92 Å². The van der Waals surface area contributed by atoms with Crippen molar-refractivity contribution in [3.05, 3.63) is 58.3 Å². The Balaban J connectivity index is 1.78. The molecule has 6 heteroatoms. The Bertz CT molecular complexity index is 1050. The van der Waals surface area contributed by atoms with Gasteiger partial charge in [-0.2, -0.15) is 0 Å². The number of benzene rings is 2. The van der Waals surface area contributed by atoms with Crippen molar-refractivity contribution in [3.63, 3.8) is 0 Å². The van der Waals surface area contributed by atoms with Gasteiger partial charge in [-0.3, -0.25) is 9.59 Å². The molecule has 0 fully saturated rings. The summed E-state index contributed by atoms with van der Waals surface area (Å²) in [5, 5.41) is 6.78. The van der Waals surface area contributed by atoms with Gasteiger partial charge in [-0.05, 0) is 54.3 Å². The molecule has 0 aliphatic carbocycles. The summed E-state index contributed by atoms with van der Waals surface area (Å²) in [5.74, 6) is 0.0150. The molecule has 2 amide bonds. The molecule has 1 aromatic heterocycles. The molecule has 2 aromatic carbocycles. The Hall–Kier alpha value is -2.79. The molecule has 28 heavy (non-hydrogen) atoms. The molecule has 0 spiro atoms. The molecule has 0 saturated heterocycles. The van der Waals surface area contributed by atoms with E-state index in [2.05, 4.69) is 37.5 Å². The van der Waals surface area contributed by atoms with E-state index in [1.807, 2.05) is 6.07 Å². The van der Waals surface area contributed by atoms with Gasteiger partial charge in [0.05, 0.1) is 23.4 Å². The van der Waals surface area contributed by atoms with Crippen molar-refractivity contribution in [3.8, 4) is 0 Å². The molecule has 5 nitrogen and oxygen atoms in total. The first-order chi connectivity index (χ1) is 13.2. The molecule has 0 saturated carbocycles. The molecule has 146 valence electrons. The van der Waals surface area contributed by atoms with Gasteiger partial charge < -0.3 is 15.1 Å². The van der Waals surface area contributed by atoms with Gasteiger partial charge in [-0.15, -0.1) is 0 Å². The topological polar surface area (TPSA) is 71.3 Å². The third kappa shape index (κ3) is 4.37. The van der Waals surface area contributed by atoms with Gasteiger partial charge in [-0.1, -0.05) is 25.4 Å². The van der Waals surface area contributed by atoms with Crippen LogP contribution in [0.5, 0.6) is 0 Å². The number of fused-ring (bicyclic) bond motifs is 1. The van der Waals surface area contributed by atoms with Crippen molar-refractivity contribution >= 4 is 45.8 Å². The molecule has 0 aliphatic heterocycles. The highest BCUT2D eigenvalue weighted by Gasteiger charge is 2.15. The quantitative estimate of drug-likeness (QED) is 0.582. The van der Waals surface area contributed by atoms with Gasteiger partial charge in [0.2, 0.25) is 11.8 Å². The van der Waals surface area contributed by atoms with E-state index in [1.54, 1.807) is 24.5 Å². The zero-order valence-corrected chi connectivity index (χ0v) is 17.1. The van der Waals surface area contributed by atoms with E-state index < -0.39 is 0 Å². The first kappa shape index (κ1) is 20.0. The number of hydrogen-bond acceptors (Lipinski definition) is 3. The van der Waals surface area contributed by atoms with Crippen LogP contribution in [0.1, 0.15) is 43.4 Å². The van der Waals surface area contributed by atoms with Gasteiger partial charge in [0.15, 0.2) is 0 Å². The second-order valence-electron chi connectivity index (χ2n) is 7.22. The van der Waals surface area contributed by atoms with Crippen LogP contribution >= 0.6 is 11.6 Å². The Morgan fingerprint density at radius 1 is 1.14 bits per heavy atom. The van der Waals surface area contributed by atoms with Crippen LogP contribution in [0.4, 0.5) is 11.4 Å². The van der Waals surface area contributed by atoms with E-state index in [1.165, 1.54) is 18.1 Å². The lowest BCUT2D eigenvalue weighted by Gasteiger charge is -2.11. The molecule has 1 heterocycles. The number of halogens is 1. The fourth-order valence-electron chi connectivity index (χ4n) is 3.27. The zero-order valence-electron chi connectivity index (χ0n) is 16.4. The lowest BCUT2D eigenvalue weighted by atomic mass is 9.95. The lowest BCUT2D eigenvalue weighted by molar-refractivity contribution is -0.116. The lowest BCUT2D eigenvalue weighted by Crippen LogP contribution is -2.14. The maximum atomic E-state index is 12.5. The van der Waals surface area contributed by atoms with Crippen molar-refractivity contribution in [2.45, 2.75) is 40.0 Å². The third-order valence-corrected chi connectivity index (χ3v) is 4.89. The number of aryl methyl sites for hydroxylation is 1. The molecule has 0 unspecified atom stereocenters. The van der Waals surface area contributed by atoms with Gasteiger partial charge in [-0.25, -0.2) is 0 Å². The number of furan rings is 1. The van der Waals surface area contributed by atoms with Gasteiger partial charge >= 0.3 is 0 Å². The maximum Gasteiger partial charge on any atom is 0.228 e. The summed E-state index contributed by atoms with van der Waals surface area (Å²) in [7, 11) is 0. The van der Waals surface area contributed by atoms with E-state index >= 15 is 0 Å². The van der Waals surface area contributed by atoms with Crippen molar-refractivity contribution < 1.29 is 14.0 Å². The van der Waals surface area contributed by atoms with E-state index in [9.17, 15) is 9.59 Å². The largest absolute Gasteiger partial charge is 0.464 e. The summed E-state index contributed by atoms with van der Waals surface area (Å²) in [4.78, 5) is 23.7. The Kier molecular flexibility index (Phi) is 5.75. The van der Waals surface area contributed by atoms with E-state index in [-0.39, 0.29) is 18.2 Å². The number of anilines is 2. The molecule has 2 N–H and O–H groups in total. The highest BCUT2D eigenvalue weighted by Crippen LogP contribution is 2.30. The fourth-order valence-corrected chi connectivity index (χ4v) is 3.50. The first-order valence-electron chi connectivity index (χ1n) is 9.12. The number of carbonyl (C=O) groups excluding carboxylic acids is 2. The predicted molar refractivity (Wildman–Crippen MR) is 113 cm³/mol. The second-order valence-corrected chi connectivity index (χ2v) is 7.63. The molecule has 3 aromatic rings. The zero-order chi connectivity index (χ0) is 20.4. The van der Waals surface area contributed by atoms with Crippen molar-refractivity contribution in [2.75, 3.05) is 10.6 Å². The number of carbonyl (C=O) groups is 2. The van der Waals surface area contributed by atoms with Gasteiger partial charge in [0.1, 0.15) is 5.58 Å². The van der Waals surface area contributed by atoms with Crippen LogP contribution in [0.2, 0.25) is 5.02 Å². The number of rotatable bonds is 5. The molecular weight excluding hydrogens is 376 g/mol. The Morgan fingerprint density at radius 2 is 1.89 bits per heavy atom. The standard InChI is InChI=1S/C22H23ClN2O3/c1-12(2)17-10-18-15(11-28-21(18)7-13(17)3)8-22(27)25-20-6-5-16(9-19(20)23)24-14(4)26/h5-7,9-12H,8H2,1-4H3,(H,24,26)(H,25,27). The summed E-state index contributed by atoms with van der Waals surface area (Å²) in [6.45, 7) is 7.78. The molecule has 0 atom stereocenters. The third-order valence-electron chi connectivity index (χ3n) is 4.58. The average Bonchev–Trinajstić information content (AvgIpc) is 2.97. The minimum absolute atomic E-state index is 0.178. The van der Waals surface area contributed by atoms with Gasteiger partial charge in [0.25, 0.3) is 0 Å². The van der Waals surface area contributed by atoms with Crippen LogP contribution in [0.15, 0.2) is 41.0 Å². The molecular formula is C22H23ClN2O3. The van der Waals surface area contributed by atoms with Crippen LogP contribution < -0.4 is 10.6 Å². The van der Waals surface area contributed by atoms with Crippen LogP contribution in [0.3, 0.4) is 0 Å². The predicted octanol–water partition coefficient (Wildman–Crippen LogP) is 5.66. The van der Waals surface area contributed by atoms with Crippen LogP contribution in [-0.4, -0.2) is 11.8 Å². The van der Waals surface area contributed by atoms with Gasteiger partial charge in [0, 0.05) is 23.6 Å². The minimum atomic E-state index is -0.191. The summed E-state index contributed by atoms with van der Waals surface area (Å²) in [6, 6.07) is 9.08. The average molecular weight is 399 g/mol. The Labute approximate surface area is 169 Å². The highest BCUT2D eigenvalue weighted by molar-refractivity contribution is 6.34.